The first-order valence-electron chi connectivity index (χ1n) is 6.05. The molecule has 1 saturated heterocycles. The number of aromatic nitrogens is 1. The Morgan fingerprint density at radius 1 is 1.20 bits per heavy atom. The van der Waals surface area contributed by atoms with E-state index in [1.807, 2.05) is 30.3 Å². The van der Waals surface area contributed by atoms with Crippen molar-refractivity contribution in [3.8, 4) is 0 Å². The number of amides is 1. The van der Waals surface area contributed by atoms with Crippen molar-refractivity contribution >= 4 is 42.4 Å². The minimum atomic E-state index is -3.74. The molecule has 1 aliphatic heterocycles. The molecular formula is C13H11ClN2O3S. The van der Waals surface area contributed by atoms with Gasteiger partial charge in [0, 0.05) is 29.0 Å². The third kappa shape index (κ3) is 2.36. The number of hydrogen-bond acceptors (Lipinski definition) is 4. The van der Waals surface area contributed by atoms with Gasteiger partial charge >= 0.3 is 0 Å². The van der Waals surface area contributed by atoms with Crippen LogP contribution in [0.4, 0.5) is 5.82 Å². The van der Waals surface area contributed by atoms with Crippen LogP contribution in [0.15, 0.2) is 36.4 Å². The summed E-state index contributed by atoms with van der Waals surface area (Å²) in [6, 6.07) is 11.1. The predicted molar refractivity (Wildman–Crippen MR) is 77.3 cm³/mol. The highest BCUT2D eigenvalue weighted by molar-refractivity contribution is 8.14. The molecule has 1 fully saturated rings. The van der Waals surface area contributed by atoms with Gasteiger partial charge in [0.05, 0.1) is 5.52 Å². The molecule has 20 heavy (non-hydrogen) atoms. The van der Waals surface area contributed by atoms with Gasteiger partial charge in [-0.05, 0) is 18.2 Å². The molecular weight excluding hydrogens is 300 g/mol. The molecule has 2 aromatic rings. The first kappa shape index (κ1) is 13.3. The number of para-hydroxylation sites is 1. The second-order valence-corrected chi connectivity index (χ2v) is 7.58. The average Bonchev–Trinajstić information content (AvgIpc) is 2.80. The van der Waals surface area contributed by atoms with Crippen LogP contribution >= 0.6 is 10.7 Å². The van der Waals surface area contributed by atoms with Crippen molar-refractivity contribution in [3.05, 3.63) is 36.4 Å². The van der Waals surface area contributed by atoms with E-state index in [4.69, 9.17) is 10.7 Å². The van der Waals surface area contributed by atoms with Gasteiger partial charge in [-0.3, -0.25) is 9.69 Å². The highest BCUT2D eigenvalue weighted by atomic mass is 35.7. The van der Waals surface area contributed by atoms with Gasteiger partial charge in [0.1, 0.15) is 11.1 Å². The largest absolute Gasteiger partial charge is 0.295 e. The SMILES string of the molecule is O=C1CC(S(=O)(=O)Cl)CN1c1ccc2ccccc2n1. The van der Waals surface area contributed by atoms with Crippen molar-refractivity contribution in [2.75, 3.05) is 11.4 Å². The summed E-state index contributed by atoms with van der Waals surface area (Å²) in [5.74, 6) is 0.179. The lowest BCUT2D eigenvalue weighted by Crippen LogP contribution is -2.27. The summed E-state index contributed by atoms with van der Waals surface area (Å²) in [5, 5.41) is 0.0920. The molecule has 2 heterocycles. The molecule has 1 aromatic carbocycles. The van der Waals surface area contributed by atoms with Crippen LogP contribution in [0.25, 0.3) is 10.9 Å². The molecule has 3 rings (SSSR count). The van der Waals surface area contributed by atoms with Crippen LogP contribution in [0.1, 0.15) is 6.42 Å². The lowest BCUT2D eigenvalue weighted by atomic mass is 10.2. The first-order valence-corrected chi connectivity index (χ1v) is 8.42. The summed E-state index contributed by atoms with van der Waals surface area (Å²) in [4.78, 5) is 17.7. The van der Waals surface area contributed by atoms with Crippen LogP contribution in [0, 0.1) is 0 Å². The summed E-state index contributed by atoms with van der Waals surface area (Å²) in [5.41, 5.74) is 0.759. The Balaban J connectivity index is 1.97. The number of benzene rings is 1. The summed E-state index contributed by atoms with van der Waals surface area (Å²) in [6.07, 6.45) is -0.0969. The summed E-state index contributed by atoms with van der Waals surface area (Å²) >= 11 is 0. The second-order valence-electron chi connectivity index (χ2n) is 4.67. The highest BCUT2D eigenvalue weighted by Gasteiger charge is 2.38. The molecule has 7 heteroatoms. The number of rotatable bonds is 2. The van der Waals surface area contributed by atoms with E-state index in [0.29, 0.717) is 5.82 Å². The van der Waals surface area contributed by atoms with E-state index in [9.17, 15) is 13.2 Å². The van der Waals surface area contributed by atoms with Crippen LogP contribution < -0.4 is 4.90 Å². The molecule has 0 spiro atoms. The molecule has 1 amide bonds. The van der Waals surface area contributed by atoms with Crippen LogP contribution in [0.5, 0.6) is 0 Å². The monoisotopic (exact) mass is 310 g/mol. The fourth-order valence-corrected chi connectivity index (χ4v) is 3.32. The van der Waals surface area contributed by atoms with Crippen LogP contribution in [0.3, 0.4) is 0 Å². The molecule has 1 unspecified atom stereocenters. The smallest absolute Gasteiger partial charge is 0.237 e. The molecule has 5 nitrogen and oxygen atoms in total. The zero-order valence-corrected chi connectivity index (χ0v) is 11.9. The third-order valence-corrected chi connectivity index (χ3v) is 5.22. The van der Waals surface area contributed by atoms with Crippen molar-refractivity contribution < 1.29 is 13.2 Å². The fourth-order valence-electron chi connectivity index (χ4n) is 2.29. The van der Waals surface area contributed by atoms with E-state index in [1.165, 1.54) is 4.90 Å². The number of fused-ring (bicyclic) bond motifs is 1. The second kappa shape index (κ2) is 4.71. The van der Waals surface area contributed by atoms with E-state index < -0.39 is 14.3 Å². The Kier molecular flexibility index (Phi) is 3.14. The van der Waals surface area contributed by atoms with Crippen molar-refractivity contribution in [2.45, 2.75) is 11.7 Å². The minimum Gasteiger partial charge on any atom is -0.295 e. The number of anilines is 1. The molecule has 1 aliphatic rings. The predicted octanol–water partition coefficient (Wildman–Crippen LogP) is 1.91. The summed E-state index contributed by atoms with van der Waals surface area (Å²) in [7, 11) is 1.59. The van der Waals surface area contributed by atoms with Crippen molar-refractivity contribution in [1.29, 1.82) is 0 Å². The Morgan fingerprint density at radius 2 is 1.95 bits per heavy atom. The maximum atomic E-state index is 11.9. The maximum Gasteiger partial charge on any atom is 0.237 e. The molecule has 0 aliphatic carbocycles. The summed E-state index contributed by atoms with van der Waals surface area (Å²) in [6.45, 7) is 0.0516. The topological polar surface area (TPSA) is 67.3 Å². The van der Waals surface area contributed by atoms with Gasteiger partial charge < -0.3 is 0 Å². The number of pyridine rings is 1. The number of carbonyl (C=O) groups is 1. The Bertz CT molecular complexity index is 791. The van der Waals surface area contributed by atoms with Gasteiger partial charge in [-0.25, -0.2) is 13.4 Å². The van der Waals surface area contributed by atoms with E-state index in [1.54, 1.807) is 6.07 Å². The minimum absolute atomic E-state index is 0.0516. The van der Waals surface area contributed by atoms with Crippen LogP contribution in [0.2, 0.25) is 0 Å². The van der Waals surface area contributed by atoms with Crippen LogP contribution in [-0.2, 0) is 13.8 Å². The molecule has 0 bridgehead atoms. The average molecular weight is 311 g/mol. The van der Waals surface area contributed by atoms with Gasteiger partial charge in [0.15, 0.2) is 0 Å². The first-order chi connectivity index (χ1) is 9.45. The van der Waals surface area contributed by atoms with E-state index in [2.05, 4.69) is 4.98 Å². The normalized spacial score (nSPS) is 19.8. The van der Waals surface area contributed by atoms with Gasteiger partial charge in [-0.2, -0.15) is 0 Å². The highest BCUT2D eigenvalue weighted by Crippen LogP contribution is 2.26. The van der Waals surface area contributed by atoms with E-state index in [-0.39, 0.29) is 18.9 Å². The Hall–Kier alpha value is -1.66. The lowest BCUT2D eigenvalue weighted by Gasteiger charge is -2.15. The number of nitrogens with zero attached hydrogens (tertiary/aromatic N) is 2. The van der Waals surface area contributed by atoms with Crippen molar-refractivity contribution in [1.82, 2.24) is 4.98 Å². The number of carbonyl (C=O) groups excluding carboxylic acids is 1. The molecule has 0 saturated carbocycles. The Labute approximate surface area is 120 Å². The van der Waals surface area contributed by atoms with Crippen molar-refractivity contribution in [3.63, 3.8) is 0 Å². The van der Waals surface area contributed by atoms with Gasteiger partial charge in [-0.15, -0.1) is 0 Å². The summed E-state index contributed by atoms with van der Waals surface area (Å²) < 4.78 is 22.7. The van der Waals surface area contributed by atoms with E-state index in [0.717, 1.165) is 10.9 Å². The quantitative estimate of drug-likeness (QED) is 0.795. The molecule has 0 radical (unpaired) electrons. The fraction of sp³-hybridized carbons (Fsp3) is 0.231. The molecule has 1 atom stereocenters. The van der Waals surface area contributed by atoms with Crippen LogP contribution in [-0.4, -0.2) is 31.1 Å². The Morgan fingerprint density at radius 3 is 2.65 bits per heavy atom. The van der Waals surface area contributed by atoms with E-state index >= 15 is 0 Å². The number of halogens is 1. The standard InChI is InChI=1S/C13H11ClN2O3S/c14-20(18,19)10-7-13(17)16(8-10)12-6-5-9-3-1-2-4-11(9)15-12/h1-6,10H,7-8H2. The zero-order chi connectivity index (χ0) is 14.3. The molecule has 0 N–H and O–H groups in total. The number of hydrogen-bond donors (Lipinski definition) is 0. The van der Waals surface area contributed by atoms with Gasteiger partial charge in [0.2, 0.25) is 15.0 Å². The molecule has 104 valence electrons. The zero-order valence-electron chi connectivity index (χ0n) is 10.4. The van der Waals surface area contributed by atoms with Crippen molar-refractivity contribution in [2.24, 2.45) is 0 Å². The lowest BCUT2D eigenvalue weighted by molar-refractivity contribution is -0.117. The molecule has 1 aromatic heterocycles. The van der Waals surface area contributed by atoms with Gasteiger partial charge in [0.25, 0.3) is 0 Å². The van der Waals surface area contributed by atoms with Gasteiger partial charge in [-0.1, -0.05) is 18.2 Å². The maximum absolute atomic E-state index is 11.9. The third-order valence-electron chi connectivity index (χ3n) is 3.35.